The Morgan fingerprint density at radius 1 is 1.15 bits per heavy atom. The lowest BCUT2D eigenvalue weighted by molar-refractivity contribution is -0.135. The van der Waals surface area contributed by atoms with Crippen LogP contribution in [0.1, 0.15) is 45.9 Å². The maximum absolute atomic E-state index is 12.8. The summed E-state index contributed by atoms with van der Waals surface area (Å²) in [4.78, 5) is 31.9. The van der Waals surface area contributed by atoms with Crippen molar-refractivity contribution in [3.63, 3.8) is 0 Å². The predicted molar refractivity (Wildman–Crippen MR) is 125 cm³/mol. The molecule has 3 aromatic rings. The largest absolute Gasteiger partial charge is 0.496 e. The zero-order valence-corrected chi connectivity index (χ0v) is 19.0. The first kappa shape index (κ1) is 21.5. The van der Waals surface area contributed by atoms with Crippen LogP contribution in [0, 0.1) is 12.8 Å². The number of carboxylic acid groups (broad SMARTS) is 1. The monoisotopic (exact) mass is 447 g/mol. The van der Waals surface area contributed by atoms with Gasteiger partial charge < -0.3 is 19.7 Å². The summed E-state index contributed by atoms with van der Waals surface area (Å²) in [6.07, 6.45) is 3.93. The molecule has 2 heterocycles. The number of aromatic nitrogens is 1. The summed E-state index contributed by atoms with van der Waals surface area (Å²) in [5, 5.41) is 10.4. The second kappa shape index (κ2) is 8.56. The van der Waals surface area contributed by atoms with Gasteiger partial charge in [-0.25, -0.2) is 4.79 Å². The third kappa shape index (κ3) is 4.09. The molecule has 7 heteroatoms. The highest BCUT2D eigenvalue weighted by atomic mass is 16.5. The van der Waals surface area contributed by atoms with Crippen molar-refractivity contribution in [3.05, 3.63) is 64.8 Å². The molecule has 0 unspecified atom stereocenters. The maximum Gasteiger partial charge on any atom is 0.335 e. The third-order valence-corrected chi connectivity index (χ3v) is 6.96. The molecule has 1 saturated carbocycles. The number of benzene rings is 2. The van der Waals surface area contributed by atoms with Crippen LogP contribution in [0.3, 0.4) is 0 Å². The zero-order chi connectivity index (χ0) is 23.1. The molecule has 1 saturated heterocycles. The highest BCUT2D eigenvalue weighted by Gasteiger charge is 2.38. The Balaban J connectivity index is 1.49. The molecule has 2 N–H and O–H groups in total. The molecule has 1 aliphatic carbocycles. The number of nitrogens with zero attached hydrogens (tertiary/aromatic N) is 2. The van der Waals surface area contributed by atoms with E-state index in [4.69, 9.17) is 4.74 Å². The molecule has 0 radical (unpaired) electrons. The van der Waals surface area contributed by atoms with Gasteiger partial charge in [-0.05, 0) is 55.2 Å². The number of aryl methyl sites for hydroxylation is 1. The molecule has 2 aromatic carbocycles. The van der Waals surface area contributed by atoms with E-state index in [1.807, 2.05) is 23.2 Å². The van der Waals surface area contributed by atoms with E-state index in [1.54, 1.807) is 19.2 Å². The van der Waals surface area contributed by atoms with Crippen LogP contribution in [0.4, 0.5) is 0 Å². The van der Waals surface area contributed by atoms with Gasteiger partial charge in [0, 0.05) is 54.8 Å². The predicted octanol–water partition coefficient (Wildman–Crippen LogP) is 3.98. The minimum Gasteiger partial charge on any atom is -0.496 e. The van der Waals surface area contributed by atoms with Crippen molar-refractivity contribution in [2.24, 2.45) is 5.92 Å². The van der Waals surface area contributed by atoms with Gasteiger partial charge in [0.25, 0.3) is 0 Å². The molecule has 0 bridgehead atoms. The fraction of sp³-hybridized carbons (Fsp3) is 0.385. The number of nitrogens with one attached hydrogen (secondary N) is 1. The number of carbonyl (C=O) groups excluding carboxylic acids is 1. The van der Waals surface area contributed by atoms with Crippen LogP contribution >= 0.6 is 0 Å². The second-order valence-corrected chi connectivity index (χ2v) is 9.11. The Labute approximate surface area is 192 Å². The molecule has 7 nitrogen and oxygen atoms in total. The van der Waals surface area contributed by atoms with Crippen LogP contribution in [0.25, 0.3) is 10.9 Å². The van der Waals surface area contributed by atoms with Gasteiger partial charge >= 0.3 is 5.97 Å². The summed E-state index contributed by atoms with van der Waals surface area (Å²) in [6, 6.07) is 11.2. The van der Waals surface area contributed by atoms with Gasteiger partial charge in [-0.15, -0.1) is 0 Å². The standard InChI is InChI=1S/C26H29N3O4/c1-16-13-23(33-2)21(20-9-10-27-24(16)20)14-28-11-12-29(25(30)18-5-6-18)15-22(28)17-3-7-19(8-4-17)26(31)32/h3-4,7-10,13,18,22,27H,5-6,11-12,14-15H2,1-2H3,(H,31,32)/t22-/m0/s1. The summed E-state index contributed by atoms with van der Waals surface area (Å²) >= 11 is 0. The summed E-state index contributed by atoms with van der Waals surface area (Å²) in [5.74, 6) is 0.355. The molecule has 1 atom stereocenters. The molecule has 2 aliphatic rings. The van der Waals surface area contributed by atoms with Crippen molar-refractivity contribution in [2.75, 3.05) is 26.7 Å². The van der Waals surface area contributed by atoms with E-state index in [9.17, 15) is 14.7 Å². The second-order valence-electron chi connectivity index (χ2n) is 9.11. The number of carboxylic acids is 1. The summed E-state index contributed by atoms with van der Waals surface area (Å²) in [5.41, 5.74) is 4.64. The lowest BCUT2D eigenvalue weighted by atomic mass is 9.98. The number of piperazine rings is 1. The molecule has 5 rings (SSSR count). The number of aromatic carboxylic acids is 1. The molecule has 1 amide bonds. The van der Waals surface area contributed by atoms with Gasteiger partial charge in [-0.3, -0.25) is 9.69 Å². The number of methoxy groups -OCH3 is 1. The first-order valence-electron chi connectivity index (χ1n) is 11.5. The van der Waals surface area contributed by atoms with Crippen molar-refractivity contribution in [1.29, 1.82) is 0 Å². The molecular formula is C26H29N3O4. The normalized spacial score (nSPS) is 19.1. The number of hydrogen-bond acceptors (Lipinski definition) is 4. The van der Waals surface area contributed by atoms with Gasteiger partial charge in [0.2, 0.25) is 5.91 Å². The molecular weight excluding hydrogens is 418 g/mol. The molecule has 0 spiro atoms. The quantitative estimate of drug-likeness (QED) is 0.597. The number of hydrogen-bond donors (Lipinski definition) is 2. The lowest BCUT2D eigenvalue weighted by Crippen LogP contribution is -2.50. The third-order valence-electron chi connectivity index (χ3n) is 6.96. The fourth-order valence-electron chi connectivity index (χ4n) is 4.95. The summed E-state index contributed by atoms with van der Waals surface area (Å²) < 4.78 is 5.76. The van der Waals surface area contributed by atoms with Gasteiger partial charge in [-0.2, -0.15) is 0 Å². The minimum atomic E-state index is -0.938. The summed E-state index contributed by atoms with van der Waals surface area (Å²) in [6.45, 7) is 4.79. The van der Waals surface area contributed by atoms with Crippen LogP contribution in [0.5, 0.6) is 5.75 Å². The number of aromatic amines is 1. The van der Waals surface area contributed by atoms with E-state index < -0.39 is 5.97 Å². The number of rotatable bonds is 6. The van der Waals surface area contributed by atoms with E-state index in [0.29, 0.717) is 19.6 Å². The van der Waals surface area contributed by atoms with Gasteiger partial charge in [0.1, 0.15) is 5.75 Å². The Hall–Kier alpha value is -3.32. The van der Waals surface area contributed by atoms with Crippen LogP contribution < -0.4 is 4.74 Å². The number of H-pyrrole nitrogens is 1. The molecule has 33 heavy (non-hydrogen) atoms. The van der Waals surface area contributed by atoms with Crippen LogP contribution in [-0.2, 0) is 11.3 Å². The van der Waals surface area contributed by atoms with Gasteiger partial charge in [0.05, 0.1) is 18.7 Å². The Morgan fingerprint density at radius 3 is 2.58 bits per heavy atom. The Bertz CT molecular complexity index is 1200. The number of amides is 1. The van der Waals surface area contributed by atoms with Crippen molar-refractivity contribution >= 4 is 22.8 Å². The average Bonchev–Trinajstić information content (AvgIpc) is 3.56. The Kier molecular flexibility index (Phi) is 5.58. The number of fused-ring (bicyclic) bond motifs is 1. The lowest BCUT2D eigenvalue weighted by Gasteiger charge is -2.42. The van der Waals surface area contributed by atoms with E-state index in [2.05, 4.69) is 28.9 Å². The van der Waals surface area contributed by atoms with Crippen LogP contribution in [-0.4, -0.2) is 58.5 Å². The van der Waals surface area contributed by atoms with Crippen molar-refractivity contribution in [3.8, 4) is 5.75 Å². The van der Waals surface area contributed by atoms with E-state index >= 15 is 0 Å². The van der Waals surface area contributed by atoms with E-state index in [-0.39, 0.29) is 23.4 Å². The first-order chi connectivity index (χ1) is 16.0. The smallest absolute Gasteiger partial charge is 0.335 e. The zero-order valence-electron chi connectivity index (χ0n) is 19.0. The minimum absolute atomic E-state index is 0.0238. The molecule has 1 aliphatic heterocycles. The molecule has 2 fully saturated rings. The van der Waals surface area contributed by atoms with Crippen LogP contribution in [0.15, 0.2) is 42.6 Å². The SMILES string of the molecule is COc1cc(C)c2[nH]ccc2c1CN1CCN(C(=O)C2CC2)C[C@H]1c1ccc(C(=O)O)cc1. The molecule has 1 aromatic heterocycles. The fourth-order valence-corrected chi connectivity index (χ4v) is 4.95. The first-order valence-corrected chi connectivity index (χ1v) is 11.5. The molecule has 172 valence electrons. The number of ether oxygens (including phenoxy) is 1. The van der Waals surface area contributed by atoms with E-state index in [0.717, 1.165) is 52.7 Å². The maximum atomic E-state index is 12.8. The average molecular weight is 448 g/mol. The van der Waals surface area contributed by atoms with Crippen molar-refractivity contribution < 1.29 is 19.4 Å². The van der Waals surface area contributed by atoms with Gasteiger partial charge in [0.15, 0.2) is 0 Å². The number of carbonyl (C=O) groups is 2. The van der Waals surface area contributed by atoms with Gasteiger partial charge in [-0.1, -0.05) is 12.1 Å². The van der Waals surface area contributed by atoms with Crippen molar-refractivity contribution in [1.82, 2.24) is 14.8 Å². The summed E-state index contributed by atoms with van der Waals surface area (Å²) in [7, 11) is 1.70. The highest BCUT2D eigenvalue weighted by Crippen LogP contribution is 2.37. The topological polar surface area (TPSA) is 85.9 Å². The van der Waals surface area contributed by atoms with E-state index in [1.165, 1.54) is 0 Å². The Morgan fingerprint density at radius 2 is 1.91 bits per heavy atom. The highest BCUT2D eigenvalue weighted by molar-refractivity contribution is 5.88. The van der Waals surface area contributed by atoms with Crippen molar-refractivity contribution in [2.45, 2.75) is 32.4 Å². The van der Waals surface area contributed by atoms with Crippen LogP contribution in [0.2, 0.25) is 0 Å².